The van der Waals surface area contributed by atoms with Crippen LogP contribution in [0.5, 0.6) is 11.5 Å². The Balaban J connectivity index is 0.000000133. The predicted octanol–water partition coefficient (Wildman–Crippen LogP) is 26.6. The maximum absolute atomic E-state index is 10.6. The van der Waals surface area contributed by atoms with Crippen molar-refractivity contribution >= 4 is 156 Å². The van der Waals surface area contributed by atoms with Crippen molar-refractivity contribution < 1.29 is 24.7 Å². The largest absolute Gasteiger partial charge is 0.507 e. The van der Waals surface area contributed by atoms with Crippen molar-refractivity contribution in [3.63, 3.8) is 0 Å². The zero-order valence-electron chi connectivity index (χ0n) is 58.2. The Labute approximate surface area is 658 Å². The van der Waals surface area contributed by atoms with Crippen molar-refractivity contribution in [1.82, 2.24) is 0 Å². The van der Waals surface area contributed by atoms with Crippen LogP contribution in [0.15, 0.2) is 376 Å². The number of para-hydroxylation sites is 3. The van der Waals surface area contributed by atoms with Crippen LogP contribution in [0.25, 0.3) is 66.4 Å². The van der Waals surface area contributed by atoms with Gasteiger partial charge in [0.25, 0.3) is 0 Å². The molecule has 8 nitrogen and oxygen atoms in total. The lowest BCUT2D eigenvalue weighted by Crippen LogP contribution is -2.33. The first-order chi connectivity index (χ1) is 51.6. The smallest absolute Gasteiger partial charge is 0.488 e. The molecule has 0 radical (unpaired) electrons. The second-order valence-electron chi connectivity index (χ2n) is 25.1. The number of fused-ring (bicyclic) bond motifs is 3. The van der Waals surface area contributed by atoms with Gasteiger partial charge in [-0.2, -0.15) is 0 Å². The Hall–Kier alpha value is -10.7. The number of furan rings is 1. The van der Waals surface area contributed by atoms with E-state index in [1.807, 2.05) is 122 Å². The fourth-order valence-corrected chi connectivity index (χ4v) is 15.1. The Morgan fingerprint density at radius 3 is 1.08 bits per heavy atom. The summed E-state index contributed by atoms with van der Waals surface area (Å²) in [5.74, 6) is 0.598. The molecule has 13 heteroatoms. The van der Waals surface area contributed by atoms with E-state index in [-0.39, 0.29) is 5.75 Å². The average molecular weight is 1690 g/mol. The van der Waals surface area contributed by atoms with E-state index < -0.39 is 7.12 Å². The van der Waals surface area contributed by atoms with Crippen LogP contribution in [0.3, 0.4) is 0 Å². The van der Waals surface area contributed by atoms with E-state index in [1.54, 1.807) is 24.3 Å². The second kappa shape index (κ2) is 34.4. The quantitative estimate of drug-likeness (QED) is 0.0631. The molecule has 0 saturated heterocycles. The van der Waals surface area contributed by atoms with Gasteiger partial charge in [-0.3, -0.25) is 0 Å². The summed E-state index contributed by atoms with van der Waals surface area (Å²) in [6.45, 7) is 6.21. The first kappa shape index (κ1) is 73.6. The maximum atomic E-state index is 10.6. The molecule has 0 saturated carbocycles. The average Bonchev–Trinajstić information content (AvgIpc) is 1.80. The minimum Gasteiger partial charge on any atom is -0.507 e. The standard InChI is InChI=1S/C31H22BrNO.C31H24BrNO.C25H22BNO2.C6H4BrIO/c1-21-28(17-19-30-31(21)27-20-24(32)14-18-29(27)34-30)33(25-10-6-3-7-11-25)26-15-12-23(13-16-26)22-8-4-2-5-9-22;1-22-28(29-21-25(32)17-20-31(29)34)13-8-14-30(22)33(26-11-6-3-7-12-26)27-18-15-24(16-19-27)23-9-4-2-5-10-23;1-19-24(26(28)29)13-8-14-25(19)27(22-11-6-3-7-12-22)23-17-15-21(16-18-23)20-9-4-2-5-10-20;7-4-1-2-6(9)5(8)3-4/h2-20H,1H3;2-21,34H,1H3;2-18,28-29H,1H3;1-3,9H. The van der Waals surface area contributed by atoms with Gasteiger partial charge in [-0.1, -0.05) is 254 Å². The summed E-state index contributed by atoms with van der Waals surface area (Å²) >= 11 is 12.5. The van der Waals surface area contributed by atoms with Crippen molar-refractivity contribution in [2.24, 2.45) is 0 Å². The molecule has 15 aromatic carbocycles. The highest BCUT2D eigenvalue weighted by Gasteiger charge is 2.24. The molecule has 0 bridgehead atoms. The first-order valence-corrected chi connectivity index (χ1v) is 37.9. The van der Waals surface area contributed by atoms with Crippen LogP contribution in [0.4, 0.5) is 51.2 Å². The minimum absolute atomic E-state index is 0.266. The molecule has 0 aliphatic rings. The molecule has 0 atom stereocenters. The van der Waals surface area contributed by atoms with Crippen LogP contribution in [0.1, 0.15) is 16.7 Å². The van der Waals surface area contributed by atoms with Gasteiger partial charge in [0.05, 0.1) is 3.57 Å². The van der Waals surface area contributed by atoms with Crippen LogP contribution in [0, 0.1) is 24.3 Å². The fraction of sp³-hybridized carbons (Fsp3) is 0.0323. The SMILES string of the molecule is Cc1c(-c2cc(Br)ccc2O)cccc1N(c1ccccc1)c1ccc(-c2ccccc2)cc1.Cc1c(B(O)O)cccc1N(c1ccccc1)c1ccc(-c2ccccc2)cc1.Cc1c(N(c2ccccc2)c2ccc(-c3ccccc3)cc2)ccc2oc3ccc(Br)cc3c12.Oc1ccc(Br)cc1I. The number of aromatic hydroxyl groups is 2. The van der Waals surface area contributed by atoms with E-state index in [9.17, 15) is 15.2 Å². The molecular formula is C93H72BBr3IN3O5. The number of anilines is 9. The molecular weight excluding hydrogens is 1620 g/mol. The number of phenols is 2. The molecule has 4 N–H and O–H groups in total. The topological polar surface area (TPSA) is 104 Å². The van der Waals surface area contributed by atoms with Crippen LogP contribution < -0.4 is 20.2 Å². The Morgan fingerprint density at radius 1 is 0.302 bits per heavy atom. The van der Waals surface area contributed by atoms with Gasteiger partial charge in [0.1, 0.15) is 22.7 Å². The molecule has 1 heterocycles. The van der Waals surface area contributed by atoms with Crippen molar-refractivity contribution in [1.29, 1.82) is 0 Å². The summed E-state index contributed by atoms with van der Waals surface area (Å²) in [5, 5.41) is 41.4. The first-order valence-electron chi connectivity index (χ1n) is 34.5. The number of halogens is 4. The fourth-order valence-electron chi connectivity index (χ4n) is 13.1. The molecule has 0 aliphatic heterocycles. The summed E-state index contributed by atoms with van der Waals surface area (Å²) in [5.41, 5.74) is 23.8. The zero-order valence-corrected chi connectivity index (χ0v) is 65.1. The number of phenolic OH excluding ortho intramolecular Hbond substituents is 2. The normalized spacial score (nSPS) is 10.8. The van der Waals surface area contributed by atoms with Crippen LogP contribution in [-0.4, -0.2) is 27.4 Å². The number of hydrogen-bond acceptors (Lipinski definition) is 8. The van der Waals surface area contributed by atoms with Crippen molar-refractivity contribution in [2.45, 2.75) is 20.8 Å². The summed E-state index contributed by atoms with van der Waals surface area (Å²) in [6.07, 6.45) is 0. The maximum Gasteiger partial charge on any atom is 0.488 e. The number of benzene rings is 15. The lowest BCUT2D eigenvalue weighted by atomic mass is 9.77. The minimum atomic E-state index is -1.51. The van der Waals surface area contributed by atoms with Gasteiger partial charge in [-0.25, -0.2) is 0 Å². The zero-order chi connectivity index (χ0) is 73.6. The van der Waals surface area contributed by atoms with E-state index >= 15 is 0 Å². The molecule has 0 amide bonds. The highest BCUT2D eigenvalue weighted by Crippen LogP contribution is 2.46. The van der Waals surface area contributed by atoms with Gasteiger partial charge in [-0.15, -0.1) is 0 Å². The molecule has 16 rings (SSSR count). The summed E-state index contributed by atoms with van der Waals surface area (Å²) in [6, 6.07) is 121. The molecule has 16 aromatic rings. The molecule has 0 aliphatic carbocycles. The van der Waals surface area contributed by atoms with Gasteiger partial charge in [0, 0.05) is 80.9 Å². The van der Waals surface area contributed by atoms with Crippen LogP contribution in [-0.2, 0) is 0 Å². The predicted molar refractivity (Wildman–Crippen MR) is 462 cm³/mol. The molecule has 520 valence electrons. The van der Waals surface area contributed by atoms with Crippen LogP contribution >= 0.6 is 70.4 Å². The third kappa shape index (κ3) is 17.1. The van der Waals surface area contributed by atoms with Crippen LogP contribution in [0.2, 0.25) is 0 Å². The molecule has 106 heavy (non-hydrogen) atoms. The Morgan fingerprint density at radius 2 is 0.651 bits per heavy atom. The lowest BCUT2D eigenvalue weighted by Gasteiger charge is -2.28. The Kier molecular flexibility index (Phi) is 23.9. The van der Waals surface area contributed by atoms with Gasteiger partial charge < -0.3 is 39.4 Å². The molecule has 0 fully saturated rings. The lowest BCUT2D eigenvalue weighted by molar-refractivity contribution is 0.425. The number of nitrogens with zero attached hydrogens (tertiary/aromatic N) is 3. The monoisotopic (exact) mass is 1690 g/mol. The second-order valence-corrected chi connectivity index (χ2v) is 29.1. The molecule has 0 spiro atoms. The van der Waals surface area contributed by atoms with Crippen molar-refractivity contribution in [3.05, 3.63) is 392 Å². The van der Waals surface area contributed by atoms with E-state index in [0.29, 0.717) is 11.2 Å². The van der Waals surface area contributed by atoms with E-state index in [1.165, 1.54) is 33.4 Å². The molecule has 0 unspecified atom stereocenters. The van der Waals surface area contributed by atoms with Gasteiger partial charge >= 0.3 is 7.12 Å². The summed E-state index contributed by atoms with van der Waals surface area (Å²) < 4.78 is 9.99. The van der Waals surface area contributed by atoms with E-state index in [0.717, 1.165) is 118 Å². The van der Waals surface area contributed by atoms with E-state index in [4.69, 9.17) is 9.52 Å². The highest BCUT2D eigenvalue weighted by molar-refractivity contribution is 14.1. The summed E-state index contributed by atoms with van der Waals surface area (Å²) in [4.78, 5) is 6.72. The number of hydrogen-bond donors (Lipinski definition) is 4. The van der Waals surface area contributed by atoms with Crippen molar-refractivity contribution in [3.8, 4) is 56.0 Å². The number of rotatable bonds is 14. The summed E-state index contributed by atoms with van der Waals surface area (Å²) in [7, 11) is -1.51. The third-order valence-corrected chi connectivity index (χ3v) is 20.7. The van der Waals surface area contributed by atoms with E-state index in [2.05, 4.69) is 317 Å². The number of aryl methyl sites for hydroxylation is 1. The van der Waals surface area contributed by atoms with Crippen molar-refractivity contribution in [2.75, 3.05) is 14.7 Å². The molecule has 1 aromatic heterocycles. The Bertz CT molecular complexity index is 5610. The van der Waals surface area contributed by atoms with Gasteiger partial charge in [0.2, 0.25) is 0 Å². The third-order valence-electron chi connectivity index (χ3n) is 18.4. The highest BCUT2D eigenvalue weighted by atomic mass is 127. The van der Waals surface area contributed by atoms with Gasteiger partial charge in [-0.05, 0) is 256 Å². The van der Waals surface area contributed by atoms with Gasteiger partial charge in [0.15, 0.2) is 0 Å².